The molecule has 10 heteroatoms. The first-order valence-electron chi connectivity index (χ1n) is 10.8. The third-order valence-electron chi connectivity index (χ3n) is 5.22. The summed E-state index contributed by atoms with van der Waals surface area (Å²) in [6, 6.07) is 10.9. The third kappa shape index (κ3) is 7.89. The van der Waals surface area contributed by atoms with Gasteiger partial charge in [0.2, 0.25) is 21.8 Å². The molecule has 0 bridgehead atoms. The lowest BCUT2D eigenvalue weighted by Gasteiger charge is -2.32. The van der Waals surface area contributed by atoms with Crippen molar-refractivity contribution in [3.63, 3.8) is 0 Å². The minimum absolute atomic E-state index is 0.115. The predicted molar refractivity (Wildman–Crippen MR) is 138 cm³/mol. The summed E-state index contributed by atoms with van der Waals surface area (Å²) in [5, 5.41) is 3.85. The molecular formula is C24H31Cl2N3O4S. The molecule has 1 atom stereocenters. The lowest BCUT2D eigenvalue weighted by atomic mass is 10.1. The molecule has 2 aromatic carbocycles. The topological polar surface area (TPSA) is 86.8 Å². The summed E-state index contributed by atoms with van der Waals surface area (Å²) in [5.41, 5.74) is 1.72. The largest absolute Gasteiger partial charge is 0.354 e. The number of halogens is 2. The SMILES string of the molecule is Cc1cc(Cl)ccc1N(CC(=O)N(Cc1ccc(Cl)cc1)C(C)C(=O)NCC(C)C)S(C)(=O)=O. The standard InChI is InChI=1S/C24H31Cl2N3O4S/c1-16(2)13-27-24(31)18(4)28(14-19-6-8-20(25)9-7-19)23(30)15-29(34(5,32)33)22-11-10-21(26)12-17(22)3/h6-12,16,18H,13-15H2,1-5H3,(H,27,31). The van der Waals surface area contributed by atoms with Gasteiger partial charge in [-0.25, -0.2) is 8.42 Å². The van der Waals surface area contributed by atoms with Crippen LogP contribution in [0.2, 0.25) is 10.0 Å². The van der Waals surface area contributed by atoms with E-state index in [0.29, 0.717) is 27.8 Å². The van der Waals surface area contributed by atoms with Crippen molar-refractivity contribution in [1.82, 2.24) is 10.2 Å². The van der Waals surface area contributed by atoms with Crippen molar-refractivity contribution >= 4 is 50.7 Å². The molecule has 0 fully saturated rings. The van der Waals surface area contributed by atoms with Gasteiger partial charge < -0.3 is 10.2 Å². The Bertz CT molecular complexity index is 1120. The normalized spacial score (nSPS) is 12.4. The zero-order valence-electron chi connectivity index (χ0n) is 20.0. The van der Waals surface area contributed by atoms with E-state index in [-0.39, 0.29) is 18.4 Å². The van der Waals surface area contributed by atoms with E-state index >= 15 is 0 Å². The van der Waals surface area contributed by atoms with Gasteiger partial charge in [0.1, 0.15) is 12.6 Å². The first-order valence-corrected chi connectivity index (χ1v) is 13.5. The quantitative estimate of drug-likeness (QED) is 0.500. The maximum atomic E-state index is 13.5. The Kier molecular flexibility index (Phi) is 9.79. The zero-order chi connectivity index (χ0) is 25.6. The van der Waals surface area contributed by atoms with Gasteiger partial charge in [-0.15, -0.1) is 0 Å². The molecule has 0 aromatic heterocycles. The monoisotopic (exact) mass is 527 g/mol. The van der Waals surface area contributed by atoms with Crippen molar-refractivity contribution in [2.24, 2.45) is 5.92 Å². The molecule has 0 heterocycles. The van der Waals surface area contributed by atoms with Gasteiger partial charge in [0.25, 0.3) is 0 Å². The van der Waals surface area contributed by atoms with Crippen LogP contribution in [0.15, 0.2) is 42.5 Å². The molecule has 7 nitrogen and oxygen atoms in total. The minimum Gasteiger partial charge on any atom is -0.354 e. The molecule has 0 spiro atoms. The molecule has 0 aliphatic rings. The Hall–Kier alpha value is -2.29. The number of sulfonamides is 1. The van der Waals surface area contributed by atoms with Crippen molar-refractivity contribution < 1.29 is 18.0 Å². The first kappa shape index (κ1) is 28.0. The third-order valence-corrected chi connectivity index (χ3v) is 6.84. The fraction of sp³-hybridized carbons (Fsp3) is 0.417. The number of hydrogen-bond acceptors (Lipinski definition) is 4. The summed E-state index contributed by atoms with van der Waals surface area (Å²) >= 11 is 12.0. The van der Waals surface area contributed by atoms with Crippen LogP contribution >= 0.6 is 23.2 Å². The summed E-state index contributed by atoms with van der Waals surface area (Å²) in [7, 11) is -3.80. The highest BCUT2D eigenvalue weighted by Gasteiger charge is 2.30. The first-order chi connectivity index (χ1) is 15.8. The molecule has 1 unspecified atom stereocenters. The number of nitrogens with zero attached hydrogens (tertiary/aromatic N) is 2. The van der Waals surface area contributed by atoms with E-state index < -0.39 is 28.5 Å². The van der Waals surface area contributed by atoms with Crippen LogP contribution in [0, 0.1) is 12.8 Å². The second-order valence-electron chi connectivity index (χ2n) is 8.66. The van der Waals surface area contributed by atoms with Crippen molar-refractivity contribution in [3.8, 4) is 0 Å². The number of anilines is 1. The number of carbonyl (C=O) groups is 2. The minimum atomic E-state index is -3.80. The smallest absolute Gasteiger partial charge is 0.244 e. The lowest BCUT2D eigenvalue weighted by molar-refractivity contribution is -0.139. The van der Waals surface area contributed by atoms with Gasteiger partial charge in [-0.3, -0.25) is 13.9 Å². The fourth-order valence-electron chi connectivity index (χ4n) is 3.32. The van der Waals surface area contributed by atoms with Crippen molar-refractivity contribution in [1.29, 1.82) is 0 Å². The number of amides is 2. The van der Waals surface area contributed by atoms with Gasteiger partial charge in [-0.1, -0.05) is 49.2 Å². The fourth-order valence-corrected chi connectivity index (χ4v) is 4.57. The van der Waals surface area contributed by atoms with Crippen LogP contribution in [-0.2, 0) is 26.2 Å². The van der Waals surface area contributed by atoms with Crippen LogP contribution in [0.4, 0.5) is 5.69 Å². The van der Waals surface area contributed by atoms with E-state index in [4.69, 9.17) is 23.2 Å². The highest BCUT2D eigenvalue weighted by atomic mass is 35.5. The Labute approximate surface area is 212 Å². The van der Waals surface area contributed by atoms with E-state index in [2.05, 4.69) is 5.32 Å². The molecule has 2 aromatic rings. The summed E-state index contributed by atoms with van der Waals surface area (Å²) in [6.45, 7) is 7.41. The Morgan fingerprint density at radius 1 is 1.00 bits per heavy atom. The van der Waals surface area contributed by atoms with Crippen molar-refractivity contribution in [3.05, 3.63) is 63.6 Å². The van der Waals surface area contributed by atoms with Gasteiger partial charge in [-0.2, -0.15) is 0 Å². The number of rotatable bonds is 10. The molecule has 186 valence electrons. The van der Waals surface area contributed by atoms with E-state index in [1.165, 1.54) is 4.90 Å². The summed E-state index contributed by atoms with van der Waals surface area (Å²) < 4.78 is 26.3. The highest BCUT2D eigenvalue weighted by molar-refractivity contribution is 7.92. The second kappa shape index (κ2) is 11.9. The molecule has 0 saturated heterocycles. The molecule has 0 aliphatic carbocycles. The molecule has 0 saturated carbocycles. The summed E-state index contributed by atoms with van der Waals surface area (Å²) in [4.78, 5) is 27.7. The summed E-state index contributed by atoms with van der Waals surface area (Å²) in [6.07, 6.45) is 1.04. The molecule has 0 radical (unpaired) electrons. The van der Waals surface area contributed by atoms with Gasteiger partial charge in [-0.05, 0) is 61.2 Å². The van der Waals surface area contributed by atoms with Crippen LogP contribution in [0.3, 0.4) is 0 Å². The van der Waals surface area contributed by atoms with Crippen LogP contribution in [0.1, 0.15) is 31.9 Å². The molecule has 2 amide bonds. The maximum absolute atomic E-state index is 13.5. The van der Waals surface area contributed by atoms with E-state index in [9.17, 15) is 18.0 Å². The van der Waals surface area contributed by atoms with E-state index in [0.717, 1.165) is 16.1 Å². The van der Waals surface area contributed by atoms with Crippen LogP contribution in [0.25, 0.3) is 0 Å². The number of hydrogen-bond donors (Lipinski definition) is 1. The van der Waals surface area contributed by atoms with Gasteiger partial charge >= 0.3 is 0 Å². The lowest BCUT2D eigenvalue weighted by Crippen LogP contribution is -2.51. The Morgan fingerprint density at radius 3 is 2.12 bits per heavy atom. The molecule has 34 heavy (non-hydrogen) atoms. The Morgan fingerprint density at radius 2 is 1.59 bits per heavy atom. The van der Waals surface area contributed by atoms with Crippen LogP contribution in [-0.4, -0.2) is 50.5 Å². The highest BCUT2D eigenvalue weighted by Crippen LogP contribution is 2.26. The number of carbonyl (C=O) groups excluding carboxylic acids is 2. The predicted octanol–water partition coefficient (Wildman–Crippen LogP) is 4.26. The second-order valence-corrected chi connectivity index (χ2v) is 11.4. The van der Waals surface area contributed by atoms with Crippen LogP contribution in [0.5, 0.6) is 0 Å². The molecule has 1 N–H and O–H groups in total. The average Bonchev–Trinajstić information content (AvgIpc) is 2.74. The van der Waals surface area contributed by atoms with E-state index in [1.54, 1.807) is 56.3 Å². The average molecular weight is 529 g/mol. The number of benzene rings is 2. The molecule has 2 rings (SSSR count). The summed E-state index contributed by atoms with van der Waals surface area (Å²) in [5.74, 6) is -0.586. The Balaban J connectivity index is 2.39. The molecular weight excluding hydrogens is 497 g/mol. The maximum Gasteiger partial charge on any atom is 0.244 e. The van der Waals surface area contributed by atoms with Gasteiger partial charge in [0.05, 0.1) is 11.9 Å². The van der Waals surface area contributed by atoms with Crippen molar-refractivity contribution in [2.45, 2.75) is 40.3 Å². The zero-order valence-corrected chi connectivity index (χ0v) is 22.3. The van der Waals surface area contributed by atoms with Crippen LogP contribution < -0.4 is 9.62 Å². The van der Waals surface area contributed by atoms with Gasteiger partial charge in [0.15, 0.2) is 0 Å². The van der Waals surface area contributed by atoms with Gasteiger partial charge in [0, 0.05) is 23.1 Å². The number of nitrogens with one attached hydrogen (secondary N) is 1. The van der Waals surface area contributed by atoms with E-state index in [1.807, 2.05) is 13.8 Å². The number of aryl methyl sites for hydroxylation is 1. The molecule has 0 aliphatic heterocycles. The van der Waals surface area contributed by atoms with Crippen molar-refractivity contribution in [2.75, 3.05) is 23.7 Å².